The molecule has 0 saturated heterocycles. The maximum Gasteiger partial charge on any atom is 0.330 e. The molecule has 1 fully saturated rings. The lowest BCUT2D eigenvalue weighted by Crippen LogP contribution is -2.23. The van der Waals surface area contributed by atoms with Gasteiger partial charge >= 0.3 is 5.69 Å². The molecule has 0 N–H and O–H groups in total. The van der Waals surface area contributed by atoms with Crippen LogP contribution in [0.2, 0.25) is 0 Å². The normalized spacial score (nSPS) is 21.9. The molecule has 0 bridgehead atoms. The van der Waals surface area contributed by atoms with E-state index in [4.69, 9.17) is 0 Å². The fraction of sp³-hybridized carbons (Fsp3) is 0.455. The summed E-state index contributed by atoms with van der Waals surface area (Å²) in [5, 5.41) is 0. The van der Waals surface area contributed by atoms with Crippen LogP contribution in [0, 0.1) is 5.92 Å². The third-order valence-corrected chi connectivity index (χ3v) is 3.25. The molecular weight excluding hydrogens is 228 g/mol. The molecule has 0 spiro atoms. The van der Waals surface area contributed by atoms with Crippen molar-refractivity contribution in [2.24, 2.45) is 13.0 Å². The molecule has 0 radical (unpaired) electrons. The van der Waals surface area contributed by atoms with Crippen molar-refractivity contribution in [1.82, 2.24) is 14.1 Å². The number of alkyl halides is 2. The SMILES string of the molecule is Cn1c(=O)n(CC2CC2(F)F)c2cccnc21. The van der Waals surface area contributed by atoms with E-state index in [1.165, 1.54) is 9.13 Å². The molecule has 1 aliphatic carbocycles. The van der Waals surface area contributed by atoms with Gasteiger partial charge in [-0.25, -0.2) is 18.6 Å². The fourth-order valence-electron chi connectivity index (χ4n) is 2.10. The van der Waals surface area contributed by atoms with Crippen LogP contribution in [0.15, 0.2) is 23.1 Å². The zero-order valence-corrected chi connectivity index (χ0v) is 9.23. The number of halogens is 2. The molecule has 1 saturated carbocycles. The lowest BCUT2D eigenvalue weighted by atomic mass is 10.3. The first-order chi connectivity index (χ1) is 8.00. The smallest absolute Gasteiger partial charge is 0.290 e. The van der Waals surface area contributed by atoms with E-state index in [1.807, 2.05) is 0 Å². The van der Waals surface area contributed by atoms with Gasteiger partial charge in [-0.2, -0.15) is 0 Å². The van der Waals surface area contributed by atoms with Gasteiger partial charge in [-0.1, -0.05) is 0 Å². The van der Waals surface area contributed by atoms with Gasteiger partial charge in [0.15, 0.2) is 5.65 Å². The second kappa shape index (κ2) is 3.15. The molecule has 0 aromatic carbocycles. The molecule has 1 unspecified atom stereocenters. The first-order valence-electron chi connectivity index (χ1n) is 5.39. The van der Waals surface area contributed by atoms with Gasteiger partial charge in [0.05, 0.1) is 5.52 Å². The van der Waals surface area contributed by atoms with Crippen LogP contribution >= 0.6 is 0 Å². The molecule has 90 valence electrons. The zero-order chi connectivity index (χ0) is 12.2. The summed E-state index contributed by atoms with van der Waals surface area (Å²) in [6.45, 7) is 0.0644. The van der Waals surface area contributed by atoms with E-state index >= 15 is 0 Å². The van der Waals surface area contributed by atoms with Crippen LogP contribution in [-0.4, -0.2) is 20.0 Å². The van der Waals surface area contributed by atoms with E-state index in [0.29, 0.717) is 11.2 Å². The van der Waals surface area contributed by atoms with Gasteiger partial charge < -0.3 is 0 Å². The first-order valence-corrected chi connectivity index (χ1v) is 5.39. The summed E-state index contributed by atoms with van der Waals surface area (Å²) in [6, 6.07) is 3.42. The lowest BCUT2D eigenvalue weighted by Gasteiger charge is -2.01. The van der Waals surface area contributed by atoms with E-state index in [1.54, 1.807) is 25.4 Å². The van der Waals surface area contributed by atoms with E-state index < -0.39 is 11.8 Å². The quantitative estimate of drug-likeness (QED) is 0.794. The third kappa shape index (κ3) is 1.47. The molecule has 4 nitrogen and oxygen atoms in total. The molecule has 3 rings (SSSR count). The van der Waals surface area contributed by atoms with E-state index in [2.05, 4.69) is 4.98 Å². The van der Waals surface area contributed by atoms with Crippen LogP contribution in [0.3, 0.4) is 0 Å². The summed E-state index contributed by atoms with van der Waals surface area (Å²) in [7, 11) is 1.60. The van der Waals surface area contributed by atoms with Gasteiger partial charge in [-0.05, 0) is 12.1 Å². The Labute approximate surface area is 95.5 Å². The molecule has 1 atom stereocenters. The summed E-state index contributed by atoms with van der Waals surface area (Å²) >= 11 is 0. The molecule has 6 heteroatoms. The van der Waals surface area contributed by atoms with Crippen LogP contribution in [0.5, 0.6) is 0 Å². The molecule has 0 amide bonds. The van der Waals surface area contributed by atoms with Crippen molar-refractivity contribution in [3.63, 3.8) is 0 Å². The maximum absolute atomic E-state index is 12.9. The minimum absolute atomic E-state index is 0.0644. The zero-order valence-electron chi connectivity index (χ0n) is 9.23. The van der Waals surface area contributed by atoms with Crippen LogP contribution in [0.25, 0.3) is 11.2 Å². The topological polar surface area (TPSA) is 39.8 Å². The van der Waals surface area contributed by atoms with Crippen molar-refractivity contribution in [3.8, 4) is 0 Å². The van der Waals surface area contributed by atoms with E-state index in [0.717, 1.165) is 0 Å². The average Bonchev–Trinajstić information content (AvgIpc) is 2.84. The average molecular weight is 239 g/mol. The number of fused-ring (bicyclic) bond motifs is 1. The predicted molar refractivity (Wildman–Crippen MR) is 58.0 cm³/mol. The van der Waals surface area contributed by atoms with Gasteiger partial charge in [-0.15, -0.1) is 0 Å². The molecule has 17 heavy (non-hydrogen) atoms. The highest BCUT2D eigenvalue weighted by Crippen LogP contribution is 2.49. The molecule has 2 aromatic rings. The van der Waals surface area contributed by atoms with Crippen LogP contribution in [0.1, 0.15) is 6.42 Å². The minimum atomic E-state index is -2.61. The Kier molecular flexibility index (Phi) is 1.93. The number of rotatable bonds is 2. The molecule has 0 aliphatic heterocycles. The second-order valence-corrected chi connectivity index (χ2v) is 4.46. The number of hydrogen-bond donors (Lipinski definition) is 0. The Hall–Kier alpha value is -1.72. The Morgan fingerprint density at radius 3 is 2.94 bits per heavy atom. The van der Waals surface area contributed by atoms with Gasteiger partial charge in [-0.3, -0.25) is 9.13 Å². The Morgan fingerprint density at radius 1 is 1.59 bits per heavy atom. The molecule has 2 heterocycles. The van der Waals surface area contributed by atoms with E-state index in [-0.39, 0.29) is 18.7 Å². The standard InChI is InChI=1S/C11H11F2N3O/c1-15-9-8(3-2-4-14-9)16(10(15)17)6-7-5-11(7,12)13/h2-4,7H,5-6H2,1H3. The van der Waals surface area contributed by atoms with Crippen molar-refractivity contribution < 1.29 is 8.78 Å². The predicted octanol–water partition coefficient (Wildman–Crippen LogP) is 1.39. The third-order valence-electron chi connectivity index (χ3n) is 3.25. The Morgan fingerprint density at radius 2 is 2.29 bits per heavy atom. The highest BCUT2D eigenvalue weighted by Gasteiger charge is 2.56. The van der Waals surface area contributed by atoms with Crippen LogP contribution in [-0.2, 0) is 13.6 Å². The lowest BCUT2D eigenvalue weighted by molar-refractivity contribution is 0.0951. The van der Waals surface area contributed by atoms with E-state index in [9.17, 15) is 13.6 Å². The first kappa shape index (κ1) is 10.4. The monoisotopic (exact) mass is 239 g/mol. The summed E-state index contributed by atoms with van der Waals surface area (Å²) in [6.07, 6.45) is 1.45. The van der Waals surface area contributed by atoms with Gasteiger partial charge in [0.1, 0.15) is 0 Å². The number of aryl methyl sites for hydroxylation is 1. The van der Waals surface area contributed by atoms with Crippen molar-refractivity contribution in [3.05, 3.63) is 28.8 Å². The molecular formula is C11H11F2N3O. The van der Waals surface area contributed by atoms with Gasteiger partial charge in [0.2, 0.25) is 0 Å². The second-order valence-electron chi connectivity index (χ2n) is 4.46. The minimum Gasteiger partial charge on any atom is -0.290 e. The van der Waals surface area contributed by atoms with Gasteiger partial charge in [0.25, 0.3) is 5.92 Å². The summed E-state index contributed by atoms with van der Waals surface area (Å²) < 4.78 is 28.5. The van der Waals surface area contributed by atoms with Crippen molar-refractivity contribution >= 4 is 11.2 Å². The highest BCUT2D eigenvalue weighted by atomic mass is 19.3. The number of nitrogens with zero attached hydrogens (tertiary/aromatic N) is 3. The van der Waals surface area contributed by atoms with Crippen molar-refractivity contribution in [2.75, 3.05) is 0 Å². The highest BCUT2D eigenvalue weighted by molar-refractivity contribution is 5.71. The maximum atomic E-state index is 12.9. The largest absolute Gasteiger partial charge is 0.330 e. The van der Waals surface area contributed by atoms with Gasteiger partial charge in [0, 0.05) is 32.1 Å². The number of hydrogen-bond acceptors (Lipinski definition) is 2. The fourth-order valence-corrected chi connectivity index (χ4v) is 2.10. The van der Waals surface area contributed by atoms with Crippen molar-refractivity contribution in [1.29, 1.82) is 0 Å². The summed E-state index contributed by atoms with van der Waals surface area (Å²) in [5.74, 6) is -3.32. The Balaban J connectivity index is 2.10. The number of pyridine rings is 1. The number of aromatic nitrogens is 3. The number of imidazole rings is 1. The molecule has 2 aromatic heterocycles. The van der Waals surface area contributed by atoms with Crippen LogP contribution < -0.4 is 5.69 Å². The summed E-state index contributed by atoms with van der Waals surface area (Å²) in [4.78, 5) is 16.0. The Bertz CT molecular complexity index is 644. The van der Waals surface area contributed by atoms with Crippen molar-refractivity contribution in [2.45, 2.75) is 18.9 Å². The summed E-state index contributed by atoms with van der Waals surface area (Å²) in [5.41, 5.74) is 0.852. The molecule has 1 aliphatic rings. The van der Waals surface area contributed by atoms with Crippen LogP contribution in [0.4, 0.5) is 8.78 Å².